The number of piperidine rings is 1. The van der Waals surface area contributed by atoms with Gasteiger partial charge in [0.1, 0.15) is 0 Å². The van der Waals surface area contributed by atoms with E-state index < -0.39 is 0 Å². The molecule has 1 aromatic carbocycles. The van der Waals surface area contributed by atoms with E-state index in [-0.39, 0.29) is 12.0 Å². The van der Waals surface area contributed by atoms with E-state index in [9.17, 15) is 9.90 Å². The number of aliphatic hydroxyl groups excluding tert-OH is 1. The molecule has 0 aromatic heterocycles. The quantitative estimate of drug-likeness (QED) is 0.891. The Balaban J connectivity index is 1.42. The van der Waals surface area contributed by atoms with Crippen LogP contribution in [0.5, 0.6) is 0 Å². The predicted molar refractivity (Wildman–Crippen MR) is 95.0 cm³/mol. The van der Waals surface area contributed by atoms with Crippen LogP contribution >= 0.6 is 11.6 Å². The van der Waals surface area contributed by atoms with E-state index in [1.165, 1.54) is 5.56 Å². The van der Waals surface area contributed by atoms with Crippen molar-refractivity contribution in [2.24, 2.45) is 0 Å². The van der Waals surface area contributed by atoms with E-state index in [4.69, 9.17) is 11.6 Å². The fourth-order valence-corrected chi connectivity index (χ4v) is 3.60. The van der Waals surface area contributed by atoms with E-state index >= 15 is 0 Å². The van der Waals surface area contributed by atoms with Crippen molar-refractivity contribution in [2.45, 2.75) is 25.5 Å². The molecule has 132 valence electrons. The molecule has 2 heterocycles. The Hall–Kier alpha value is -1.14. The summed E-state index contributed by atoms with van der Waals surface area (Å²) in [5.41, 5.74) is 1.25. The monoisotopic (exact) mass is 351 g/mol. The van der Waals surface area contributed by atoms with E-state index in [1.807, 2.05) is 17.0 Å². The maximum atomic E-state index is 12.4. The van der Waals surface area contributed by atoms with Crippen molar-refractivity contribution in [2.75, 3.05) is 45.8 Å². The highest BCUT2D eigenvalue weighted by atomic mass is 35.5. The summed E-state index contributed by atoms with van der Waals surface area (Å²) in [6.45, 7) is 6.24. The van der Waals surface area contributed by atoms with Crippen molar-refractivity contribution in [3.8, 4) is 0 Å². The molecule has 2 aliphatic heterocycles. The van der Waals surface area contributed by atoms with Crippen LogP contribution in [-0.4, -0.2) is 77.6 Å². The molecule has 5 nitrogen and oxygen atoms in total. The third-order valence-corrected chi connectivity index (χ3v) is 5.14. The number of nitrogens with zero attached hydrogens (tertiary/aromatic N) is 3. The van der Waals surface area contributed by atoms with Crippen LogP contribution in [0.15, 0.2) is 24.3 Å². The summed E-state index contributed by atoms with van der Waals surface area (Å²) in [5, 5.41) is 10.5. The van der Waals surface area contributed by atoms with Gasteiger partial charge in [0.25, 0.3) is 0 Å². The van der Waals surface area contributed by atoms with Crippen molar-refractivity contribution in [1.29, 1.82) is 0 Å². The highest BCUT2D eigenvalue weighted by Gasteiger charge is 2.25. The zero-order valence-electron chi connectivity index (χ0n) is 14.0. The van der Waals surface area contributed by atoms with Gasteiger partial charge in [0.05, 0.1) is 12.6 Å². The Kier molecular flexibility index (Phi) is 6.11. The summed E-state index contributed by atoms with van der Waals surface area (Å²) >= 11 is 5.92. The molecule has 0 radical (unpaired) electrons. The first-order chi connectivity index (χ1) is 11.6. The molecule has 0 spiro atoms. The number of amides is 1. The number of piperazine rings is 1. The van der Waals surface area contributed by atoms with Crippen molar-refractivity contribution in [1.82, 2.24) is 14.7 Å². The van der Waals surface area contributed by atoms with Crippen LogP contribution in [0.1, 0.15) is 18.4 Å². The predicted octanol–water partition coefficient (Wildman–Crippen LogP) is 1.44. The second-order valence-electron chi connectivity index (χ2n) is 6.81. The molecule has 1 atom stereocenters. The maximum absolute atomic E-state index is 12.4. The van der Waals surface area contributed by atoms with Crippen LogP contribution in [-0.2, 0) is 11.3 Å². The summed E-state index contributed by atoms with van der Waals surface area (Å²) in [4.78, 5) is 18.9. The van der Waals surface area contributed by atoms with E-state index in [0.29, 0.717) is 13.1 Å². The minimum atomic E-state index is -0.275. The number of hydrogen-bond donors (Lipinski definition) is 1. The molecule has 0 saturated carbocycles. The number of carbonyl (C=O) groups excluding carboxylic acids is 1. The number of hydrogen-bond acceptors (Lipinski definition) is 4. The molecule has 2 aliphatic rings. The average molecular weight is 352 g/mol. The number of β-amino-alcohol motifs (C(OH)–C–C–N with tert-alkyl or cyclic N) is 1. The first-order valence-corrected chi connectivity index (χ1v) is 9.13. The number of halogens is 1. The molecule has 3 rings (SSSR count). The molecule has 0 bridgehead atoms. The number of likely N-dealkylation sites (tertiary alicyclic amines) is 1. The van der Waals surface area contributed by atoms with Gasteiger partial charge in [0, 0.05) is 44.3 Å². The van der Waals surface area contributed by atoms with Crippen LogP contribution in [0.3, 0.4) is 0 Å². The largest absolute Gasteiger partial charge is 0.392 e. The minimum Gasteiger partial charge on any atom is -0.392 e. The topological polar surface area (TPSA) is 47.0 Å². The molecule has 0 unspecified atom stereocenters. The zero-order chi connectivity index (χ0) is 16.9. The van der Waals surface area contributed by atoms with Gasteiger partial charge < -0.3 is 10.0 Å². The normalized spacial score (nSPS) is 23.4. The van der Waals surface area contributed by atoms with Crippen LogP contribution in [0.4, 0.5) is 0 Å². The van der Waals surface area contributed by atoms with Gasteiger partial charge in [-0.2, -0.15) is 0 Å². The third kappa shape index (κ3) is 4.93. The van der Waals surface area contributed by atoms with Crippen LogP contribution in [0.2, 0.25) is 5.02 Å². The van der Waals surface area contributed by atoms with Gasteiger partial charge in [-0.3, -0.25) is 14.6 Å². The van der Waals surface area contributed by atoms with E-state index in [1.54, 1.807) is 0 Å². The van der Waals surface area contributed by atoms with Gasteiger partial charge in [-0.1, -0.05) is 23.7 Å². The molecule has 0 aliphatic carbocycles. The molecule has 1 aromatic rings. The lowest BCUT2D eigenvalue weighted by Crippen LogP contribution is -2.52. The average Bonchev–Trinajstić information content (AvgIpc) is 2.57. The maximum Gasteiger partial charge on any atom is 0.236 e. The number of rotatable bonds is 4. The highest BCUT2D eigenvalue weighted by molar-refractivity contribution is 6.30. The van der Waals surface area contributed by atoms with Crippen molar-refractivity contribution >= 4 is 17.5 Å². The van der Waals surface area contributed by atoms with Gasteiger partial charge in [-0.25, -0.2) is 0 Å². The summed E-state index contributed by atoms with van der Waals surface area (Å²) in [5.74, 6) is 0.190. The van der Waals surface area contributed by atoms with Crippen LogP contribution in [0, 0.1) is 0 Å². The Morgan fingerprint density at radius 3 is 2.46 bits per heavy atom. The Labute approximate surface area is 148 Å². The molecule has 6 heteroatoms. The summed E-state index contributed by atoms with van der Waals surface area (Å²) in [6, 6.07) is 7.95. The van der Waals surface area contributed by atoms with Gasteiger partial charge in [-0.15, -0.1) is 0 Å². The SMILES string of the molecule is O=C(CN1CCC[C@H](O)C1)N1CCN(Cc2ccc(Cl)cc2)CC1. The van der Waals surface area contributed by atoms with Crippen molar-refractivity contribution in [3.63, 3.8) is 0 Å². The van der Waals surface area contributed by atoms with Crippen LogP contribution in [0.25, 0.3) is 0 Å². The molecule has 24 heavy (non-hydrogen) atoms. The molecule has 1 N–H and O–H groups in total. The number of aliphatic hydroxyl groups is 1. The minimum absolute atomic E-state index is 0.190. The van der Waals surface area contributed by atoms with Gasteiger partial charge in [-0.05, 0) is 37.1 Å². The summed E-state index contributed by atoms with van der Waals surface area (Å²) < 4.78 is 0. The molecule has 2 saturated heterocycles. The fourth-order valence-electron chi connectivity index (χ4n) is 3.47. The highest BCUT2D eigenvalue weighted by Crippen LogP contribution is 2.14. The zero-order valence-corrected chi connectivity index (χ0v) is 14.8. The first-order valence-electron chi connectivity index (χ1n) is 8.75. The fraction of sp³-hybridized carbons (Fsp3) is 0.611. The van der Waals surface area contributed by atoms with E-state index in [0.717, 1.165) is 57.1 Å². The lowest BCUT2D eigenvalue weighted by Gasteiger charge is -2.37. The molecule has 1 amide bonds. The number of carbonyl (C=O) groups is 1. The number of benzene rings is 1. The van der Waals surface area contributed by atoms with Crippen molar-refractivity contribution < 1.29 is 9.90 Å². The second-order valence-corrected chi connectivity index (χ2v) is 7.25. The smallest absolute Gasteiger partial charge is 0.236 e. The van der Waals surface area contributed by atoms with E-state index in [2.05, 4.69) is 21.9 Å². The molecule has 2 fully saturated rings. The van der Waals surface area contributed by atoms with Crippen molar-refractivity contribution in [3.05, 3.63) is 34.9 Å². The lowest BCUT2D eigenvalue weighted by atomic mass is 10.1. The summed E-state index contributed by atoms with van der Waals surface area (Å²) in [6.07, 6.45) is 1.56. The van der Waals surface area contributed by atoms with Crippen LogP contribution < -0.4 is 0 Å². The van der Waals surface area contributed by atoms with Gasteiger partial charge in [0.2, 0.25) is 5.91 Å². The second kappa shape index (κ2) is 8.30. The first kappa shape index (κ1) is 17.7. The van der Waals surface area contributed by atoms with Gasteiger partial charge in [0.15, 0.2) is 0 Å². The third-order valence-electron chi connectivity index (χ3n) is 4.88. The Bertz CT molecular complexity index is 544. The molecular weight excluding hydrogens is 326 g/mol. The summed E-state index contributed by atoms with van der Waals surface area (Å²) in [7, 11) is 0. The molecular formula is C18H26ClN3O2. The standard InChI is InChI=1S/C18H26ClN3O2/c19-16-5-3-15(4-6-16)12-20-8-10-22(11-9-20)18(24)14-21-7-1-2-17(23)13-21/h3-6,17,23H,1-2,7-14H2/t17-/m0/s1. The Morgan fingerprint density at radius 2 is 1.79 bits per heavy atom. The van der Waals surface area contributed by atoms with Gasteiger partial charge >= 0.3 is 0 Å². The lowest BCUT2D eigenvalue weighted by molar-refractivity contribution is -0.134. The Morgan fingerprint density at radius 1 is 1.08 bits per heavy atom.